The van der Waals surface area contributed by atoms with Gasteiger partial charge >= 0.3 is 0 Å². The molecule has 1 unspecified atom stereocenters. The molecule has 2 N–H and O–H groups in total. The lowest BCUT2D eigenvalue weighted by atomic mass is 10.0. The molecule has 3 heteroatoms. The van der Waals surface area contributed by atoms with Crippen molar-refractivity contribution in [1.29, 1.82) is 0 Å². The van der Waals surface area contributed by atoms with Gasteiger partial charge in [-0.3, -0.25) is 4.79 Å². The van der Waals surface area contributed by atoms with Crippen molar-refractivity contribution in [2.24, 2.45) is 5.92 Å². The van der Waals surface area contributed by atoms with Crippen LogP contribution in [0.25, 0.3) is 6.08 Å². The van der Waals surface area contributed by atoms with Gasteiger partial charge < -0.3 is 10.4 Å². The first-order valence-corrected chi connectivity index (χ1v) is 7.29. The summed E-state index contributed by atoms with van der Waals surface area (Å²) in [5.74, 6) is 0.285. The molecular weight excluding hydrogens is 250 g/mol. The van der Waals surface area contributed by atoms with E-state index in [0.717, 1.165) is 30.4 Å². The van der Waals surface area contributed by atoms with E-state index >= 15 is 0 Å². The zero-order chi connectivity index (χ0) is 14.8. The van der Waals surface area contributed by atoms with Gasteiger partial charge in [0.25, 0.3) is 0 Å². The van der Waals surface area contributed by atoms with Gasteiger partial charge in [0, 0.05) is 19.2 Å². The van der Waals surface area contributed by atoms with Crippen molar-refractivity contribution >= 4 is 12.0 Å². The Morgan fingerprint density at radius 1 is 1.35 bits per heavy atom. The third-order valence-corrected chi connectivity index (χ3v) is 3.40. The smallest absolute Gasteiger partial charge is 0.244 e. The fourth-order valence-electron chi connectivity index (χ4n) is 2.18. The molecule has 0 fully saturated rings. The van der Waals surface area contributed by atoms with Crippen molar-refractivity contribution in [2.75, 3.05) is 13.2 Å². The van der Waals surface area contributed by atoms with Crippen LogP contribution in [0.1, 0.15) is 37.3 Å². The van der Waals surface area contributed by atoms with E-state index in [9.17, 15) is 4.79 Å². The Kier molecular flexibility index (Phi) is 7.66. The van der Waals surface area contributed by atoms with Crippen LogP contribution in [0.2, 0.25) is 0 Å². The number of aryl methyl sites for hydroxylation is 1. The number of rotatable bonds is 8. The van der Waals surface area contributed by atoms with Crippen molar-refractivity contribution < 1.29 is 9.90 Å². The predicted octanol–water partition coefficient (Wildman–Crippen LogP) is 2.92. The van der Waals surface area contributed by atoms with Gasteiger partial charge in [-0.15, -0.1) is 0 Å². The molecule has 0 aliphatic rings. The summed E-state index contributed by atoms with van der Waals surface area (Å²) < 4.78 is 0. The van der Waals surface area contributed by atoms with Crippen LogP contribution in [0.15, 0.2) is 30.3 Å². The van der Waals surface area contributed by atoms with Crippen LogP contribution in [0.3, 0.4) is 0 Å². The van der Waals surface area contributed by atoms with E-state index in [1.807, 2.05) is 37.3 Å². The number of aliphatic hydroxyl groups excluding tert-OH is 1. The Bertz CT molecular complexity index is 434. The summed E-state index contributed by atoms with van der Waals surface area (Å²) in [6.45, 7) is 4.95. The molecule has 1 rings (SSSR count). The minimum Gasteiger partial charge on any atom is -0.396 e. The monoisotopic (exact) mass is 275 g/mol. The van der Waals surface area contributed by atoms with Gasteiger partial charge in [0.05, 0.1) is 0 Å². The molecule has 0 heterocycles. The maximum atomic E-state index is 11.8. The second kappa shape index (κ2) is 9.32. The molecule has 0 radical (unpaired) electrons. The van der Waals surface area contributed by atoms with Crippen LogP contribution in [0, 0.1) is 12.8 Å². The molecule has 0 aromatic heterocycles. The Morgan fingerprint density at radius 3 is 2.75 bits per heavy atom. The molecule has 1 atom stereocenters. The number of aliphatic hydroxyl groups is 1. The Morgan fingerprint density at radius 2 is 2.10 bits per heavy atom. The quantitative estimate of drug-likeness (QED) is 0.717. The third kappa shape index (κ3) is 6.02. The SMILES string of the molecule is CCCC(CCO)CNC(=O)/C=C/c1ccccc1C. The second-order valence-corrected chi connectivity index (χ2v) is 5.10. The zero-order valence-corrected chi connectivity index (χ0v) is 12.4. The lowest BCUT2D eigenvalue weighted by Crippen LogP contribution is -2.28. The van der Waals surface area contributed by atoms with E-state index in [2.05, 4.69) is 12.2 Å². The van der Waals surface area contributed by atoms with Crippen LogP contribution in [-0.4, -0.2) is 24.2 Å². The molecule has 0 aliphatic heterocycles. The Labute approximate surface area is 121 Å². The molecular formula is C17H25NO2. The van der Waals surface area contributed by atoms with Gasteiger partial charge in [-0.25, -0.2) is 0 Å². The van der Waals surface area contributed by atoms with Gasteiger partial charge in [-0.1, -0.05) is 37.6 Å². The second-order valence-electron chi connectivity index (χ2n) is 5.10. The summed E-state index contributed by atoms with van der Waals surface area (Å²) in [5, 5.41) is 11.9. The lowest BCUT2D eigenvalue weighted by Gasteiger charge is -2.14. The standard InChI is InChI=1S/C17H25NO2/c1-3-6-15(11-12-19)13-18-17(20)10-9-16-8-5-4-7-14(16)2/h4-5,7-10,15,19H,3,6,11-13H2,1-2H3,(H,18,20)/b10-9+. The first-order chi connectivity index (χ1) is 9.67. The summed E-state index contributed by atoms with van der Waals surface area (Å²) in [6, 6.07) is 7.96. The number of nitrogens with one attached hydrogen (secondary N) is 1. The van der Waals surface area contributed by atoms with Gasteiger partial charge in [-0.05, 0) is 42.9 Å². The van der Waals surface area contributed by atoms with Crippen molar-refractivity contribution in [3.63, 3.8) is 0 Å². The average molecular weight is 275 g/mol. The number of benzene rings is 1. The maximum absolute atomic E-state index is 11.8. The summed E-state index contributed by atoms with van der Waals surface area (Å²) in [5.41, 5.74) is 2.21. The molecule has 0 saturated heterocycles. The molecule has 0 saturated carbocycles. The van der Waals surface area contributed by atoms with Crippen LogP contribution < -0.4 is 5.32 Å². The fourth-order valence-corrected chi connectivity index (χ4v) is 2.18. The van der Waals surface area contributed by atoms with Gasteiger partial charge in [-0.2, -0.15) is 0 Å². The van der Waals surface area contributed by atoms with E-state index in [1.165, 1.54) is 0 Å². The Balaban J connectivity index is 2.45. The first kappa shape index (κ1) is 16.4. The molecule has 1 aromatic rings. The zero-order valence-electron chi connectivity index (χ0n) is 12.4. The first-order valence-electron chi connectivity index (χ1n) is 7.29. The predicted molar refractivity (Wildman–Crippen MR) is 83.3 cm³/mol. The van der Waals surface area contributed by atoms with E-state index in [1.54, 1.807) is 6.08 Å². The minimum atomic E-state index is -0.0766. The van der Waals surface area contributed by atoms with Crippen LogP contribution in [0.4, 0.5) is 0 Å². The summed E-state index contributed by atoms with van der Waals surface area (Å²) in [4.78, 5) is 11.8. The van der Waals surface area contributed by atoms with Gasteiger partial charge in [0.2, 0.25) is 5.91 Å². The molecule has 0 spiro atoms. The average Bonchev–Trinajstić information content (AvgIpc) is 2.44. The summed E-state index contributed by atoms with van der Waals surface area (Å²) in [7, 11) is 0. The van der Waals surface area contributed by atoms with Crippen molar-refractivity contribution in [1.82, 2.24) is 5.32 Å². The van der Waals surface area contributed by atoms with E-state index in [-0.39, 0.29) is 12.5 Å². The van der Waals surface area contributed by atoms with Gasteiger partial charge in [0.15, 0.2) is 0 Å². The summed E-state index contributed by atoms with van der Waals surface area (Å²) >= 11 is 0. The number of hydrogen-bond donors (Lipinski definition) is 2. The van der Waals surface area contributed by atoms with Crippen molar-refractivity contribution in [3.8, 4) is 0 Å². The molecule has 1 amide bonds. The largest absolute Gasteiger partial charge is 0.396 e. The summed E-state index contributed by atoms with van der Waals surface area (Å²) in [6.07, 6.45) is 6.26. The number of carbonyl (C=O) groups is 1. The van der Waals surface area contributed by atoms with E-state index in [4.69, 9.17) is 5.11 Å². The van der Waals surface area contributed by atoms with E-state index in [0.29, 0.717) is 12.5 Å². The highest BCUT2D eigenvalue weighted by molar-refractivity contribution is 5.91. The van der Waals surface area contributed by atoms with Crippen LogP contribution >= 0.6 is 0 Å². The molecule has 3 nitrogen and oxygen atoms in total. The normalized spacial score (nSPS) is 12.6. The third-order valence-electron chi connectivity index (χ3n) is 3.40. The van der Waals surface area contributed by atoms with E-state index < -0.39 is 0 Å². The highest BCUT2D eigenvalue weighted by Crippen LogP contribution is 2.10. The molecule has 0 bridgehead atoms. The number of hydrogen-bond acceptors (Lipinski definition) is 2. The highest BCUT2D eigenvalue weighted by Gasteiger charge is 2.07. The fraction of sp³-hybridized carbons (Fsp3) is 0.471. The molecule has 0 aliphatic carbocycles. The number of amides is 1. The minimum absolute atomic E-state index is 0.0766. The van der Waals surface area contributed by atoms with Crippen molar-refractivity contribution in [3.05, 3.63) is 41.5 Å². The van der Waals surface area contributed by atoms with Gasteiger partial charge in [0.1, 0.15) is 0 Å². The molecule has 20 heavy (non-hydrogen) atoms. The lowest BCUT2D eigenvalue weighted by molar-refractivity contribution is -0.116. The highest BCUT2D eigenvalue weighted by atomic mass is 16.3. The topological polar surface area (TPSA) is 49.3 Å². The molecule has 110 valence electrons. The number of carbonyl (C=O) groups excluding carboxylic acids is 1. The van der Waals surface area contributed by atoms with Crippen LogP contribution in [0.5, 0.6) is 0 Å². The molecule has 1 aromatic carbocycles. The maximum Gasteiger partial charge on any atom is 0.244 e. The van der Waals surface area contributed by atoms with Crippen LogP contribution in [-0.2, 0) is 4.79 Å². The van der Waals surface area contributed by atoms with Crippen molar-refractivity contribution in [2.45, 2.75) is 33.1 Å². The Hall–Kier alpha value is -1.61.